The molecule has 2 fully saturated rings. The van der Waals surface area contributed by atoms with Crippen molar-refractivity contribution in [3.05, 3.63) is 135 Å². The maximum atomic E-state index is 15.3. The van der Waals surface area contributed by atoms with Gasteiger partial charge in [-0.2, -0.15) is 5.26 Å². The van der Waals surface area contributed by atoms with Crippen LogP contribution in [0.5, 0.6) is 11.5 Å². The van der Waals surface area contributed by atoms with Crippen LogP contribution >= 0.6 is 58.8 Å². The minimum atomic E-state index is -4.75. The Kier molecular flexibility index (Phi) is 23.0. The Hall–Kier alpha value is -6.63. The number of nitriles is 1. The lowest BCUT2D eigenvalue weighted by molar-refractivity contribution is -0.118. The van der Waals surface area contributed by atoms with Crippen molar-refractivity contribution in [3.63, 3.8) is 0 Å². The summed E-state index contributed by atoms with van der Waals surface area (Å²) in [4.78, 5) is 61.0. The van der Waals surface area contributed by atoms with Crippen LogP contribution in [0.1, 0.15) is 31.7 Å². The van der Waals surface area contributed by atoms with Crippen molar-refractivity contribution in [2.24, 2.45) is 0 Å². The first kappa shape index (κ1) is 63.4. The zero-order valence-electron chi connectivity index (χ0n) is 45.8. The number of aromatic nitrogens is 10. The maximum Gasteiger partial charge on any atom is 0.475 e. The fraction of sp³-hybridized carbons (Fsp3) is 0.340. The van der Waals surface area contributed by atoms with Gasteiger partial charge in [-0.3, -0.25) is 45.9 Å². The molecule has 8 atom stereocenters. The number of imidazole rings is 2. The van der Waals surface area contributed by atoms with Crippen molar-refractivity contribution in [2.45, 2.75) is 66.2 Å². The van der Waals surface area contributed by atoms with Crippen LogP contribution in [0.3, 0.4) is 0 Å². The van der Waals surface area contributed by atoms with Crippen molar-refractivity contribution >= 4 is 105 Å². The van der Waals surface area contributed by atoms with Crippen LogP contribution in [-0.2, 0) is 55.3 Å². The molecule has 2 unspecified atom stereocenters. The molecule has 0 aliphatic carbocycles. The predicted molar refractivity (Wildman–Crippen MR) is 320 cm³/mol. The Balaban J connectivity index is 0.879. The molecule has 2 aliphatic rings. The Morgan fingerprint density at radius 2 is 1.08 bits per heavy atom. The number of anilines is 2. The molecule has 87 heavy (non-hydrogen) atoms. The molecular weight excluding hydrogens is 1250 g/mol. The summed E-state index contributed by atoms with van der Waals surface area (Å²) in [5.74, 6) is 0.743. The lowest BCUT2D eigenvalue weighted by atomic mass is 10.2. The van der Waals surface area contributed by atoms with Gasteiger partial charge in [0.1, 0.15) is 71.1 Å². The van der Waals surface area contributed by atoms with E-state index in [0.29, 0.717) is 17.3 Å². The highest BCUT2D eigenvalue weighted by atomic mass is 33.1. The number of hydrogen-bond acceptors (Lipinski definition) is 28. The average molecular weight is 1300 g/mol. The molecular formula is C53H55N13O15P2S4. The Morgan fingerprint density at radius 1 is 0.609 bits per heavy atom. The molecule has 8 heterocycles. The normalized spacial score (nSPS) is 19.7. The van der Waals surface area contributed by atoms with Crippen LogP contribution in [-0.4, -0.2) is 148 Å². The minimum absolute atomic E-state index is 0.0424. The maximum absolute atomic E-state index is 15.3. The van der Waals surface area contributed by atoms with Gasteiger partial charge in [-0.1, -0.05) is 70.1 Å². The molecule has 3 N–H and O–H groups in total. The lowest BCUT2D eigenvalue weighted by Crippen LogP contribution is -2.31. The molecule has 0 radical (unpaired) electrons. The molecule has 0 bridgehead atoms. The second-order valence-electron chi connectivity index (χ2n) is 18.3. The number of aliphatic hydroxyl groups is 1. The molecule has 28 nitrogen and oxygen atoms in total. The van der Waals surface area contributed by atoms with E-state index in [1.165, 1.54) is 68.5 Å². The van der Waals surface area contributed by atoms with Crippen LogP contribution in [0.15, 0.2) is 145 Å². The van der Waals surface area contributed by atoms with Crippen molar-refractivity contribution in [3.8, 4) is 17.6 Å². The third-order valence-electron chi connectivity index (χ3n) is 12.4. The second-order valence-corrected chi connectivity index (χ2v) is 26.5. The summed E-state index contributed by atoms with van der Waals surface area (Å²) in [6.45, 7) is -2.43. The fourth-order valence-electron chi connectivity index (χ4n) is 8.51. The molecule has 0 spiro atoms. The largest absolute Gasteiger partial charge is 0.484 e. The summed E-state index contributed by atoms with van der Waals surface area (Å²) in [6.07, 6.45) is 1.70. The van der Waals surface area contributed by atoms with Gasteiger partial charge in [0.15, 0.2) is 47.2 Å². The van der Waals surface area contributed by atoms with Crippen LogP contribution in [0, 0.1) is 11.3 Å². The highest BCUT2D eigenvalue weighted by Crippen LogP contribution is 2.56. The van der Waals surface area contributed by atoms with E-state index in [1.54, 1.807) is 82.2 Å². The van der Waals surface area contributed by atoms with Gasteiger partial charge in [-0.25, -0.2) is 49.0 Å². The first-order valence-corrected chi connectivity index (χ1v) is 34.3. The number of fused-ring (bicyclic) bond motifs is 2. The van der Waals surface area contributed by atoms with E-state index in [-0.39, 0.29) is 92.0 Å². The first-order valence-electron chi connectivity index (χ1n) is 26.7. The molecule has 6 aromatic heterocycles. The topological polar surface area (TPSA) is 342 Å². The first-order chi connectivity index (χ1) is 42.5. The molecule has 2 amide bonds. The smallest absolute Gasteiger partial charge is 0.475 e. The van der Waals surface area contributed by atoms with Gasteiger partial charge in [-0.05, 0) is 70.1 Å². The van der Waals surface area contributed by atoms with Crippen LogP contribution < -0.4 is 20.1 Å². The van der Waals surface area contributed by atoms with Gasteiger partial charge in [-0.15, -0.1) is 0 Å². The average Bonchev–Trinajstić information content (AvgIpc) is 1.90. The minimum Gasteiger partial charge on any atom is -0.484 e. The van der Waals surface area contributed by atoms with E-state index in [9.17, 15) is 24.5 Å². The van der Waals surface area contributed by atoms with E-state index in [1.807, 2.05) is 42.5 Å². The number of carbonyl (C=O) groups is 2. The molecule has 0 saturated carbocycles. The number of amides is 2. The third-order valence-corrected chi connectivity index (χ3v) is 19.9. The number of carbonyl (C=O) groups excluding carboxylic acids is 2. The number of ether oxygens (including phenoxy) is 4. The van der Waals surface area contributed by atoms with Crippen molar-refractivity contribution < 1.29 is 69.9 Å². The standard InChI is InChI=1S/C53H55N13O15P2S4/c54-18-11-21-74-82(70,75-22-24-84-86-44-16-7-9-19-55-44)81-39-27-47(66-35-62-49-51(58-33-60-53(49)66)64-43(69)31-73-37-14-5-2-6-15-37)79-41(39)29-77-83(71,76-23-25-85-87-45-17-8-10-20-56-45)80-38-26-46(78-40(38)28-67)65-34-61-48-50(57-32-59-52(48)65)63-42(68)30-72-36-12-3-1-4-13-36/h1-10,12-17,19-20,32-35,38-41,46-47,67H,11,21-31H2,(H,57,59,63,68)(H,58,60,64,69)/t38-,39-,40-,41-,46-,47-,82?,83?/m1/s1. The van der Waals surface area contributed by atoms with Crippen molar-refractivity contribution in [1.29, 1.82) is 5.26 Å². The SMILES string of the molecule is N#CCCOP(=O)(OCCSSc1ccccn1)O[C@@H]1C[C@H](n2cnc3c(NC(=O)COc4ccccc4)ncnc32)O[C@@H]1COP(=O)(OCCSSc1ccccn1)O[C@@H]1C[C@H](n2cnc3c(NC(=O)COc4ccccc4)ncnc32)O[C@@H]1CO. The Labute approximate surface area is 512 Å². The van der Waals surface area contributed by atoms with Crippen LogP contribution in [0.4, 0.5) is 11.6 Å². The third kappa shape index (κ3) is 17.8. The van der Waals surface area contributed by atoms with E-state index in [2.05, 4.69) is 50.5 Å². The highest BCUT2D eigenvalue weighted by molar-refractivity contribution is 8.77. The van der Waals surface area contributed by atoms with Gasteiger partial charge in [0.2, 0.25) is 0 Å². The quantitative estimate of drug-likeness (QED) is 0.0196. The number of pyridine rings is 2. The number of nitrogens with zero attached hydrogens (tertiary/aromatic N) is 11. The summed E-state index contributed by atoms with van der Waals surface area (Å²) >= 11 is 0. The molecule has 2 saturated heterocycles. The number of rotatable bonds is 33. The summed E-state index contributed by atoms with van der Waals surface area (Å²) < 4.78 is 93.6. The number of hydrogen-bond donors (Lipinski definition) is 3. The van der Waals surface area contributed by atoms with Crippen molar-refractivity contribution in [2.75, 3.05) is 68.4 Å². The van der Waals surface area contributed by atoms with Gasteiger partial charge in [0, 0.05) is 36.7 Å². The van der Waals surface area contributed by atoms with Crippen molar-refractivity contribution in [1.82, 2.24) is 49.0 Å². The van der Waals surface area contributed by atoms with E-state index < -0.39 is 77.5 Å². The molecule has 10 rings (SSSR count). The highest BCUT2D eigenvalue weighted by Gasteiger charge is 2.47. The van der Waals surface area contributed by atoms with E-state index in [4.69, 9.17) is 46.1 Å². The van der Waals surface area contributed by atoms with Gasteiger partial charge < -0.3 is 34.7 Å². The number of aliphatic hydroxyl groups excluding tert-OH is 1. The summed E-state index contributed by atoms with van der Waals surface area (Å²) in [5, 5.41) is 27.1. The molecule has 34 heteroatoms. The molecule has 8 aromatic rings. The van der Waals surface area contributed by atoms with Gasteiger partial charge in [0.25, 0.3) is 11.8 Å². The summed E-state index contributed by atoms with van der Waals surface area (Å²) in [7, 11) is -3.77. The van der Waals surface area contributed by atoms with E-state index in [0.717, 1.165) is 10.1 Å². The summed E-state index contributed by atoms with van der Waals surface area (Å²) in [5.41, 5.74) is 0.893. The second kappa shape index (κ2) is 31.5. The Morgan fingerprint density at radius 3 is 1.56 bits per heavy atom. The fourth-order valence-corrected chi connectivity index (χ4v) is 14.9. The van der Waals surface area contributed by atoms with Crippen LogP contribution in [0.25, 0.3) is 22.3 Å². The number of phosphoric ester groups is 2. The van der Waals surface area contributed by atoms with Gasteiger partial charge >= 0.3 is 15.6 Å². The molecule has 2 aliphatic heterocycles. The lowest BCUT2D eigenvalue weighted by Gasteiger charge is -2.27. The number of nitrogens with one attached hydrogen (secondary N) is 2. The number of phosphoric acid groups is 2. The monoisotopic (exact) mass is 1300 g/mol. The molecule has 2 aromatic carbocycles. The Bertz CT molecular complexity index is 3670. The predicted octanol–water partition coefficient (Wildman–Crippen LogP) is 8.91. The number of benzene rings is 2. The molecule has 456 valence electrons. The van der Waals surface area contributed by atoms with Gasteiger partial charge in [0.05, 0.1) is 58.2 Å². The van der Waals surface area contributed by atoms with Crippen LogP contribution in [0.2, 0.25) is 0 Å². The zero-order chi connectivity index (χ0) is 60.3. The zero-order valence-corrected chi connectivity index (χ0v) is 50.8. The summed E-state index contributed by atoms with van der Waals surface area (Å²) in [6, 6.07) is 30.6. The number of para-hydroxylation sites is 2. The van der Waals surface area contributed by atoms with E-state index >= 15 is 4.57 Å².